The minimum atomic E-state index is 0.972. The van der Waals surface area contributed by atoms with Crippen molar-refractivity contribution in [1.82, 2.24) is 4.90 Å². The summed E-state index contributed by atoms with van der Waals surface area (Å²) in [5.74, 6) is 2.08. The van der Waals surface area contributed by atoms with Crippen LogP contribution >= 0.6 is 0 Å². The maximum Gasteiger partial charge on any atom is 0.0127 e. The highest BCUT2D eigenvalue weighted by Gasteiger charge is 2.48. The van der Waals surface area contributed by atoms with Crippen molar-refractivity contribution in [1.29, 1.82) is 0 Å². The molecular formula is C8H15N. The molecular weight excluding hydrogens is 110 g/mol. The Labute approximate surface area is 57.0 Å². The molecule has 2 aliphatic heterocycles. The molecule has 0 aromatic carbocycles. The van der Waals surface area contributed by atoms with E-state index in [9.17, 15) is 0 Å². The second kappa shape index (κ2) is 1.72. The Morgan fingerprint density at radius 2 is 2.33 bits per heavy atom. The lowest BCUT2D eigenvalue weighted by Gasteiger charge is -2.33. The maximum atomic E-state index is 2.62. The summed E-state index contributed by atoms with van der Waals surface area (Å²) in [6, 6.07) is 0.972. The summed E-state index contributed by atoms with van der Waals surface area (Å²) in [6.07, 6.45) is 1.50. The van der Waals surface area contributed by atoms with Gasteiger partial charge in [0.05, 0.1) is 0 Å². The smallest absolute Gasteiger partial charge is 0.0127 e. The average Bonchev–Trinajstić information content (AvgIpc) is 2.40. The van der Waals surface area contributed by atoms with Crippen molar-refractivity contribution in [3.63, 3.8) is 0 Å². The van der Waals surface area contributed by atoms with Gasteiger partial charge in [-0.15, -0.1) is 0 Å². The van der Waals surface area contributed by atoms with Crippen LogP contribution in [0, 0.1) is 11.8 Å². The van der Waals surface area contributed by atoms with E-state index < -0.39 is 0 Å². The number of hydrogen-bond donors (Lipinski definition) is 0. The van der Waals surface area contributed by atoms with Crippen molar-refractivity contribution in [2.24, 2.45) is 11.8 Å². The first-order valence-electron chi connectivity index (χ1n) is 4.07. The molecule has 2 heterocycles. The van der Waals surface area contributed by atoms with Crippen LogP contribution in [0.4, 0.5) is 0 Å². The molecule has 0 amide bonds. The number of rotatable bonds is 1. The highest BCUT2D eigenvalue weighted by Crippen LogP contribution is 2.45. The summed E-state index contributed by atoms with van der Waals surface area (Å²) in [6.45, 7) is 7.33. The molecule has 0 N–H and O–H groups in total. The molecule has 0 radical (unpaired) electrons. The van der Waals surface area contributed by atoms with Gasteiger partial charge in [0.15, 0.2) is 0 Å². The van der Waals surface area contributed by atoms with Gasteiger partial charge in [-0.25, -0.2) is 0 Å². The van der Waals surface area contributed by atoms with E-state index in [1.165, 1.54) is 19.5 Å². The van der Waals surface area contributed by atoms with Crippen molar-refractivity contribution in [3.05, 3.63) is 0 Å². The summed E-state index contributed by atoms with van der Waals surface area (Å²) >= 11 is 0. The third-order valence-electron chi connectivity index (χ3n) is 3.24. The number of fused-ring (bicyclic) bond motifs is 1. The zero-order valence-corrected chi connectivity index (χ0v) is 6.30. The Balaban J connectivity index is 2.03. The van der Waals surface area contributed by atoms with Crippen LogP contribution in [-0.2, 0) is 0 Å². The van der Waals surface area contributed by atoms with Crippen molar-refractivity contribution in [3.8, 4) is 0 Å². The topological polar surface area (TPSA) is 3.24 Å². The normalized spacial score (nSPS) is 49.3. The predicted octanol–water partition coefficient (Wildman–Crippen LogP) is 1.35. The molecule has 3 aliphatic rings. The molecule has 2 bridgehead atoms. The third-order valence-corrected chi connectivity index (χ3v) is 3.24. The SMILES string of the molecule is CCN1CC2CC1C2C. The fourth-order valence-electron chi connectivity index (χ4n) is 2.38. The van der Waals surface area contributed by atoms with Gasteiger partial charge in [0, 0.05) is 12.6 Å². The van der Waals surface area contributed by atoms with Gasteiger partial charge in [-0.3, -0.25) is 0 Å². The fourth-order valence-corrected chi connectivity index (χ4v) is 2.38. The summed E-state index contributed by atoms with van der Waals surface area (Å²) in [4.78, 5) is 2.62. The van der Waals surface area contributed by atoms with E-state index in [4.69, 9.17) is 0 Å². The van der Waals surface area contributed by atoms with Crippen LogP contribution in [-0.4, -0.2) is 24.0 Å². The summed E-state index contributed by atoms with van der Waals surface area (Å²) in [5, 5.41) is 0. The summed E-state index contributed by atoms with van der Waals surface area (Å²) < 4.78 is 0. The highest BCUT2D eigenvalue weighted by atomic mass is 15.2. The fraction of sp³-hybridized carbons (Fsp3) is 1.00. The quantitative estimate of drug-likeness (QED) is 0.511. The van der Waals surface area contributed by atoms with Gasteiger partial charge >= 0.3 is 0 Å². The second-order valence-electron chi connectivity index (χ2n) is 3.51. The number of nitrogens with zero attached hydrogens (tertiary/aromatic N) is 1. The van der Waals surface area contributed by atoms with Crippen LogP contribution in [0.2, 0.25) is 0 Å². The predicted molar refractivity (Wildman–Crippen MR) is 38.3 cm³/mol. The van der Waals surface area contributed by atoms with E-state index in [0.717, 1.165) is 17.9 Å². The maximum absolute atomic E-state index is 2.62. The molecule has 0 aromatic heterocycles. The Morgan fingerprint density at radius 3 is 2.56 bits per heavy atom. The van der Waals surface area contributed by atoms with Gasteiger partial charge in [0.1, 0.15) is 0 Å². The van der Waals surface area contributed by atoms with E-state index in [1.807, 2.05) is 0 Å². The zero-order valence-electron chi connectivity index (χ0n) is 6.30. The molecule has 2 saturated heterocycles. The van der Waals surface area contributed by atoms with Gasteiger partial charge < -0.3 is 4.90 Å². The highest BCUT2D eigenvalue weighted by molar-refractivity contribution is 5.01. The van der Waals surface area contributed by atoms with Gasteiger partial charge in [-0.1, -0.05) is 13.8 Å². The zero-order chi connectivity index (χ0) is 6.43. The van der Waals surface area contributed by atoms with Crippen LogP contribution in [0.25, 0.3) is 0 Å². The molecule has 3 atom stereocenters. The Bertz CT molecular complexity index is 122. The second-order valence-corrected chi connectivity index (χ2v) is 3.51. The first-order valence-corrected chi connectivity index (χ1v) is 4.07. The van der Waals surface area contributed by atoms with Crippen LogP contribution in [0.1, 0.15) is 20.3 Å². The summed E-state index contributed by atoms with van der Waals surface area (Å²) in [7, 11) is 0. The Hall–Kier alpha value is -0.0400. The molecule has 9 heavy (non-hydrogen) atoms. The van der Waals surface area contributed by atoms with Crippen molar-refractivity contribution >= 4 is 0 Å². The lowest BCUT2D eigenvalue weighted by molar-refractivity contribution is 0.175. The number of hydrogen-bond acceptors (Lipinski definition) is 1. The first-order chi connectivity index (χ1) is 4.33. The molecule has 0 spiro atoms. The van der Waals surface area contributed by atoms with Crippen LogP contribution in [0.3, 0.4) is 0 Å². The lowest BCUT2D eigenvalue weighted by Crippen LogP contribution is -2.36. The van der Waals surface area contributed by atoms with Crippen LogP contribution < -0.4 is 0 Å². The minimum absolute atomic E-state index is 0.972. The molecule has 1 heteroatoms. The third kappa shape index (κ3) is 0.586. The van der Waals surface area contributed by atoms with Gasteiger partial charge in [-0.05, 0) is 24.8 Å². The molecule has 3 unspecified atom stereocenters. The van der Waals surface area contributed by atoms with E-state index in [2.05, 4.69) is 18.7 Å². The van der Waals surface area contributed by atoms with Gasteiger partial charge in [0.2, 0.25) is 0 Å². The monoisotopic (exact) mass is 125 g/mol. The molecule has 3 rings (SSSR count). The van der Waals surface area contributed by atoms with Crippen LogP contribution in [0.15, 0.2) is 0 Å². The van der Waals surface area contributed by atoms with E-state index in [1.54, 1.807) is 0 Å². The van der Waals surface area contributed by atoms with E-state index in [-0.39, 0.29) is 0 Å². The Kier molecular flexibility index (Phi) is 1.10. The van der Waals surface area contributed by atoms with Gasteiger partial charge in [-0.2, -0.15) is 0 Å². The molecule has 1 saturated carbocycles. The van der Waals surface area contributed by atoms with E-state index in [0.29, 0.717) is 0 Å². The Morgan fingerprint density at radius 1 is 1.56 bits per heavy atom. The lowest BCUT2D eigenvalue weighted by atomic mass is 9.75. The van der Waals surface area contributed by atoms with Crippen LogP contribution in [0.5, 0.6) is 0 Å². The molecule has 3 fully saturated rings. The minimum Gasteiger partial charge on any atom is -0.300 e. The summed E-state index contributed by atoms with van der Waals surface area (Å²) in [5.41, 5.74) is 0. The van der Waals surface area contributed by atoms with Crippen molar-refractivity contribution in [2.45, 2.75) is 26.3 Å². The van der Waals surface area contributed by atoms with E-state index >= 15 is 0 Å². The molecule has 1 nitrogen and oxygen atoms in total. The van der Waals surface area contributed by atoms with Crippen molar-refractivity contribution < 1.29 is 0 Å². The van der Waals surface area contributed by atoms with Crippen molar-refractivity contribution in [2.75, 3.05) is 13.1 Å². The largest absolute Gasteiger partial charge is 0.300 e. The first kappa shape index (κ1) is 5.72. The molecule has 0 aromatic rings. The van der Waals surface area contributed by atoms with Gasteiger partial charge in [0.25, 0.3) is 0 Å². The molecule has 52 valence electrons. The average molecular weight is 125 g/mol. The standard InChI is InChI=1S/C8H15N/c1-3-9-5-7-4-8(9)6(7)2/h6-8H,3-5H2,1-2H3. The molecule has 1 aliphatic carbocycles.